The van der Waals surface area contributed by atoms with Crippen LogP contribution in [0.1, 0.15) is 10.7 Å². The van der Waals surface area contributed by atoms with Crippen molar-refractivity contribution in [1.29, 1.82) is 0 Å². The van der Waals surface area contributed by atoms with Crippen molar-refractivity contribution >= 4 is 34.9 Å². The Bertz CT molecular complexity index is 655. The summed E-state index contributed by atoms with van der Waals surface area (Å²) in [5, 5.41) is 35.4. The highest BCUT2D eigenvalue weighted by molar-refractivity contribution is 7.98. The third kappa shape index (κ3) is 12.1. The zero-order valence-corrected chi connectivity index (χ0v) is 18.6. The van der Waals surface area contributed by atoms with E-state index in [2.05, 4.69) is 26.3 Å². The molecule has 1 aromatic rings. The molecule has 0 amide bonds. The van der Waals surface area contributed by atoms with Crippen molar-refractivity contribution < 1.29 is 9.85 Å². The van der Waals surface area contributed by atoms with Crippen LogP contribution in [0.4, 0.5) is 0 Å². The predicted octanol–water partition coefficient (Wildman–Crippen LogP) is 1.38. The first kappa shape index (κ1) is 24.8. The third-order valence-corrected chi connectivity index (χ3v) is 6.25. The second kappa shape index (κ2) is 14.8. The van der Waals surface area contributed by atoms with Gasteiger partial charge in [0.15, 0.2) is 11.6 Å². The van der Waals surface area contributed by atoms with E-state index in [1.54, 1.807) is 49.0 Å². The molecule has 0 unspecified atom stereocenters. The third-order valence-electron chi connectivity index (χ3n) is 3.21. The molecule has 0 radical (unpaired) electrons. The van der Waals surface area contributed by atoms with Gasteiger partial charge in [-0.3, -0.25) is 20.2 Å². The van der Waals surface area contributed by atoms with E-state index in [9.17, 15) is 20.2 Å². The lowest BCUT2D eigenvalue weighted by Crippen LogP contribution is -2.26. The number of hydrogen-bond acceptors (Lipinski definition) is 12. The molecule has 0 spiro atoms. The SMILES string of the molecule is CNC(=C[N+](=O)[O-])NCCSCc1csc(CSCCNC(=C[N+](=O)[O-])NC)n1. The molecular weight excluding hydrogens is 438 g/mol. The Hall–Kier alpha value is -2.19. The van der Waals surface area contributed by atoms with Crippen LogP contribution in [0.15, 0.2) is 29.4 Å². The molecule has 0 atom stereocenters. The monoisotopic (exact) mass is 463 g/mol. The van der Waals surface area contributed by atoms with E-state index in [4.69, 9.17) is 0 Å². The Morgan fingerprint density at radius 2 is 1.55 bits per heavy atom. The average molecular weight is 464 g/mol. The molecule has 29 heavy (non-hydrogen) atoms. The first-order valence-electron chi connectivity index (χ1n) is 8.57. The van der Waals surface area contributed by atoms with Crippen LogP contribution in [0.2, 0.25) is 0 Å². The number of nitrogens with one attached hydrogen (secondary N) is 4. The van der Waals surface area contributed by atoms with E-state index < -0.39 is 9.85 Å². The topological polar surface area (TPSA) is 147 Å². The molecule has 1 rings (SSSR count). The van der Waals surface area contributed by atoms with Gasteiger partial charge in [-0.1, -0.05) is 0 Å². The zero-order valence-electron chi connectivity index (χ0n) is 16.2. The number of aromatic nitrogens is 1. The van der Waals surface area contributed by atoms with Crippen molar-refractivity contribution in [2.45, 2.75) is 11.5 Å². The molecule has 1 aromatic heterocycles. The van der Waals surface area contributed by atoms with Crippen molar-refractivity contribution in [3.8, 4) is 0 Å². The molecule has 11 nitrogen and oxygen atoms in total. The molecule has 14 heteroatoms. The Balaban J connectivity index is 2.18. The van der Waals surface area contributed by atoms with Gasteiger partial charge in [-0.15, -0.1) is 11.3 Å². The van der Waals surface area contributed by atoms with Gasteiger partial charge in [-0.05, 0) is 0 Å². The molecule has 4 N–H and O–H groups in total. The maximum atomic E-state index is 10.4. The molecule has 0 saturated heterocycles. The minimum absolute atomic E-state index is 0.383. The average Bonchev–Trinajstić information content (AvgIpc) is 3.12. The lowest BCUT2D eigenvalue weighted by Gasteiger charge is -2.07. The molecule has 0 aliphatic rings. The first-order chi connectivity index (χ1) is 13.9. The molecule has 0 aliphatic carbocycles. The molecule has 0 aromatic carbocycles. The fourth-order valence-corrected chi connectivity index (χ4v) is 4.52. The number of thioether (sulfide) groups is 2. The Labute approximate surface area is 181 Å². The Morgan fingerprint density at radius 1 is 1.03 bits per heavy atom. The van der Waals surface area contributed by atoms with Gasteiger partial charge in [0.2, 0.25) is 0 Å². The Kier molecular flexibility index (Phi) is 12.6. The number of thiazole rings is 1. The van der Waals surface area contributed by atoms with Gasteiger partial charge >= 0.3 is 0 Å². The molecule has 1 heterocycles. The van der Waals surface area contributed by atoms with Crippen LogP contribution < -0.4 is 21.3 Å². The van der Waals surface area contributed by atoms with E-state index in [0.29, 0.717) is 24.7 Å². The van der Waals surface area contributed by atoms with Crippen LogP contribution in [0.3, 0.4) is 0 Å². The number of nitro groups is 2. The van der Waals surface area contributed by atoms with Gasteiger partial charge in [-0.2, -0.15) is 23.5 Å². The van der Waals surface area contributed by atoms with Crippen LogP contribution in [-0.2, 0) is 11.5 Å². The standard InChI is InChI=1S/C15H25N7O4S3/c1-16-13(7-21(23)24)18-3-5-27-9-12-10-29-15(20-12)11-28-6-4-19-14(17-2)8-22(25)26/h7-8,10,16-19H,3-6,9,11H2,1-2H3. The lowest BCUT2D eigenvalue weighted by molar-refractivity contribution is -0.404. The molecule has 0 aliphatic heterocycles. The highest BCUT2D eigenvalue weighted by atomic mass is 32.2. The normalized spacial score (nSPS) is 11.8. The van der Waals surface area contributed by atoms with Gasteiger partial charge < -0.3 is 21.3 Å². The molecular formula is C15H25N7O4S3. The minimum atomic E-state index is -0.500. The van der Waals surface area contributed by atoms with Gasteiger partial charge in [0.1, 0.15) is 5.01 Å². The number of rotatable bonds is 16. The summed E-state index contributed by atoms with van der Waals surface area (Å²) in [6.45, 7) is 1.23. The zero-order chi connectivity index (χ0) is 21.5. The fourth-order valence-electron chi connectivity index (χ4n) is 1.94. The summed E-state index contributed by atoms with van der Waals surface area (Å²) in [6, 6.07) is 0. The van der Waals surface area contributed by atoms with E-state index in [0.717, 1.165) is 46.1 Å². The van der Waals surface area contributed by atoms with Crippen LogP contribution in [0, 0.1) is 20.2 Å². The smallest absolute Gasteiger partial charge is 0.274 e. The van der Waals surface area contributed by atoms with E-state index >= 15 is 0 Å². The van der Waals surface area contributed by atoms with Crippen LogP contribution >= 0.6 is 34.9 Å². The van der Waals surface area contributed by atoms with Gasteiger partial charge in [-0.25, -0.2) is 4.98 Å². The van der Waals surface area contributed by atoms with E-state index in [-0.39, 0.29) is 0 Å². The second-order valence-corrected chi connectivity index (χ2v) is 8.50. The summed E-state index contributed by atoms with van der Waals surface area (Å²) < 4.78 is 0. The molecule has 0 fully saturated rings. The molecule has 0 bridgehead atoms. The van der Waals surface area contributed by atoms with Gasteiger partial charge in [0.25, 0.3) is 12.4 Å². The quantitative estimate of drug-likeness (QED) is 0.160. The van der Waals surface area contributed by atoms with Crippen molar-refractivity contribution in [2.24, 2.45) is 0 Å². The van der Waals surface area contributed by atoms with E-state index in [1.165, 1.54) is 0 Å². The summed E-state index contributed by atoms with van der Waals surface area (Å²) in [6.07, 6.45) is 1.81. The number of hydrogen-bond donors (Lipinski definition) is 4. The van der Waals surface area contributed by atoms with Crippen molar-refractivity contribution in [3.63, 3.8) is 0 Å². The fraction of sp³-hybridized carbons (Fsp3) is 0.533. The lowest BCUT2D eigenvalue weighted by atomic mass is 10.6. The van der Waals surface area contributed by atoms with Crippen molar-refractivity contribution in [2.75, 3.05) is 38.7 Å². The predicted molar refractivity (Wildman–Crippen MR) is 119 cm³/mol. The van der Waals surface area contributed by atoms with Crippen LogP contribution in [0.25, 0.3) is 0 Å². The maximum Gasteiger partial charge on any atom is 0.274 e. The first-order valence-corrected chi connectivity index (χ1v) is 11.8. The number of nitrogens with zero attached hydrogens (tertiary/aromatic N) is 3. The highest BCUT2D eigenvalue weighted by Gasteiger charge is 2.04. The van der Waals surface area contributed by atoms with Crippen LogP contribution in [-0.4, -0.2) is 53.5 Å². The second-order valence-electron chi connectivity index (χ2n) is 5.35. The van der Waals surface area contributed by atoms with E-state index in [1.807, 2.05) is 5.38 Å². The summed E-state index contributed by atoms with van der Waals surface area (Å²) in [5.74, 6) is 3.95. The van der Waals surface area contributed by atoms with Crippen molar-refractivity contribution in [1.82, 2.24) is 26.3 Å². The highest BCUT2D eigenvalue weighted by Crippen LogP contribution is 2.19. The van der Waals surface area contributed by atoms with Crippen LogP contribution in [0.5, 0.6) is 0 Å². The summed E-state index contributed by atoms with van der Waals surface area (Å²) in [4.78, 5) is 24.5. The molecule has 162 valence electrons. The molecule has 0 saturated carbocycles. The summed E-state index contributed by atoms with van der Waals surface area (Å²) >= 11 is 5.03. The van der Waals surface area contributed by atoms with Crippen molar-refractivity contribution in [3.05, 3.63) is 60.4 Å². The summed E-state index contributed by atoms with van der Waals surface area (Å²) in [7, 11) is 3.26. The Morgan fingerprint density at radius 3 is 2.03 bits per heavy atom. The van der Waals surface area contributed by atoms with Gasteiger partial charge in [0.05, 0.1) is 15.5 Å². The largest absolute Gasteiger partial charge is 0.370 e. The summed E-state index contributed by atoms with van der Waals surface area (Å²) in [5.41, 5.74) is 1.02. The minimum Gasteiger partial charge on any atom is -0.370 e. The van der Waals surface area contributed by atoms with Gasteiger partial charge in [0, 0.05) is 55.6 Å². The maximum absolute atomic E-state index is 10.4.